The highest BCUT2D eigenvalue weighted by atomic mass is 79.9. The number of hydrazine groups is 1. The number of nitrogens with zero attached hydrogens (tertiary/aromatic N) is 2. The Morgan fingerprint density at radius 3 is 2.06 bits per heavy atom. The van der Waals surface area contributed by atoms with Crippen molar-refractivity contribution >= 4 is 67.0 Å². The van der Waals surface area contributed by atoms with Gasteiger partial charge in [0.15, 0.2) is 5.78 Å². The van der Waals surface area contributed by atoms with Crippen molar-refractivity contribution < 1.29 is 23.9 Å². The summed E-state index contributed by atoms with van der Waals surface area (Å²) < 4.78 is 5.15. The molecule has 2 aromatic rings. The molecule has 4 rings (SSSR count). The van der Waals surface area contributed by atoms with E-state index in [1.165, 1.54) is 20.1 Å². The van der Waals surface area contributed by atoms with E-state index in [0.717, 1.165) is 10.0 Å². The van der Waals surface area contributed by atoms with E-state index in [9.17, 15) is 19.2 Å². The van der Waals surface area contributed by atoms with Gasteiger partial charge in [-0.05, 0) is 56.2 Å². The summed E-state index contributed by atoms with van der Waals surface area (Å²) >= 11 is 13.4. The van der Waals surface area contributed by atoms with Gasteiger partial charge in [0.25, 0.3) is 17.7 Å². The molecule has 184 valence electrons. The Morgan fingerprint density at radius 2 is 1.54 bits per heavy atom. The molecule has 35 heavy (non-hydrogen) atoms. The molecule has 1 aliphatic heterocycles. The zero-order chi connectivity index (χ0) is 25.4. The molecule has 1 saturated carbocycles. The first kappa shape index (κ1) is 25.9. The van der Waals surface area contributed by atoms with Crippen molar-refractivity contribution in [1.82, 2.24) is 10.0 Å². The topological polar surface area (TPSA) is 84.0 Å². The van der Waals surface area contributed by atoms with Gasteiger partial charge in [-0.1, -0.05) is 55.6 Å². The predicted octanol–water partition coefficient (Wildman–Crippen LogP) is 4.90. The molecule has 1 saturated heterocycles. The van der Waals surface area contributed by atoms with Crippen molar-refractivity contribution in [3.8, 4) is 5.75 Å². The maximum absolute atomic E-state index is 13.8. The van der Waals surface area contributed by atoms with Gasteiger partial charge in [-0.2, -0.15) is 5.01 Å². The number of alkyl halides is 2. The summed E-state index contributed by atoms with van der Waals surface area (Å²) in [6.45, 7) is 1.50. The number of imide groups is 1. The number of carbonyl (C=O) groups is 4. The summed E-state index contributed by atoms with van der Waals surface area (Å²) in [5.74, 6) is -2.69. The lowest BCUT2D eigenvalue weighted by molar-refractivity contribution is -0.156. The smallest absolute Gasteiger partial charge is 0.275 e. The molecule has 0 radical (unpaired) electrons. The van der Waals surface area contributed by atoms with E-state index >= 15 is 0 Å². The normalized spacial score (nSPS) is 24.7. The summed E-state index contributed by atoms with van der Waals surface area (Å²) in [6, 6.07) is 11.6. The van der Waals surface area contributed by atoms with Crippen molar-refractivity contribution in [1.29, 1.82) is 0 Å². The number of benzene rings is 2. The van der Waals surface area contributed by atoms with Crippen LogP contribution in [0.1, 0.15) is 40.5 Å². The van der Waals surface area contributed by atoms with Crippen LogP contribution in [0.3, 0.4) is 0 Å². The molecule has 10 heteroatoms. The molecule has 1 aliphatic carbocycles. The number of methoxy groups -OCH3 is 1. The lowest BCUT2D eigenvalue weighted by atomic mass is 9.81. The van der Waals surface area contributed by atoms with Gasteiger partial charge >= 0.3 is 0 Å². The van der Waals surface area contributed by atoms with Gasteiger partial charge in [-0.25, -0.2) is 5.01 Å². The molecule has 0 spiro atoms. The Balaban J connectivity index is 1.75. The first-order chi connectivity index (χ1) is 16.6. The Bertz CT molecular complexity index is 1150. The molecule has 0 bridgehead atoms. The third kappa shape index (κ3) is 4.78. The van der Waals surface area contributed by atoms with Crippen LogP contribution in [-0.2, 0) is 9.59 Å². The Kier molecular flexibility index (Phi) is 7.68. The largest absolute Gasteiger partial charge is 0.497 e. The van der Waals surface area contributed by atoms with E-state index in [1.807, 2.05) is 0 Å². The van der Waals surface area contributed by atoms with Crippen LogP contribution in [0.4, 0.5) is 0 Å². The Morgan fingerprint density at radius 1 is 1.00 bits per heavy atom. The van der Waals surface area contributed by atoms with Gasteiger partial charge in [-0.15, -0.1) is 0 Å². The lowest BCUT2D eigenvalue weighted by Gasteiger charge is -2.35. The summed E-state index contributed by atoms with van der Waals surface area (Å²) in [6.07, 6.45) is 0.882. The highest BCUT2D eigenvalue weighted by Gasteiger charge is 2.55. The summed E-state index contributed by atoms with van der Waals surface area (Å²) in [5, 5.41) is 2.00. The minimum Gasteiger partial charge on any atom is -0.497 e. The van der Waals surface area contributed by atoms with E-state index < -0.39 is 41.4 Å². The van der Waals surface area contributed by atoms with Gasteiger partial charge in [0, 0.05) is 15.2 Å². The quantitative estimate of drug-likeness (QED) is 0.259. The first-order valence-corrected chi connectivity index (χ1v) is 13.3. The second kappa shape index (κ2) is 10.4. The van der Waals surface area contributed by atoms with E-state index in [0.29, 0.717) is 24.2 Å². The van der Waals surface area contributed by atoms with Gasteiger partial charge in [0.05, 0.1) is 29.5 Å². The number of fused-ring (bicyclic) bond motifs is 1. The van der Waals surface area contributed by atoms with E-state index in [-0.39, 0.29) is 20.2 Å². The zero-order valence-corrected chi connectivity index (χ0v) is 22.9. The average Bonchev–Trinajstić information content (AvgIpc) is 3.08. The molecule has 0 aromatic heterocycles. The molecule has 2 aliphatic rings. The fraction of sp³-hybridized carbons (Fsp3) is 0.360. The van der Waals surface area contributed by atoms with Crippen LogP contribution in [0.25, 0.3) is 0 Å². The fourth-order valence-corrected chi connectivity index (χ4v) is 6.05. The van der Waals surface area contributed by atoms with E-state index in [4.69, 9.17) is 16.3 Å². The maximum Gasteiger partial charge on any atom is 0.275 e. The number of carbonyl (C=O) groups excluding carboxylic acids is 4. The average molecular weight is 627 g/mol. The highest BCUT2D eigenvalue weighted by molar-refractivity contribution is 9.12. The third-order valence-electron chi connectivity index (χ3n) is 6.54. The van der Waals surface area contributed by atoms with Crippen molar-refractivity contribution in [2.24, 2.45) is 11.8 Å². The van der Waals surface area contributed by atoms with Gasteiger partial charge in [0.1, 0.15) is 11.8 Å². The molecule has 3 amide bonds. The van der Waals surface area contributed by atoms with E-state index in [2.05, 4.69) is 31.9 Å². The van der Waals surface area contributed by atoms with Gasteiger partial charge < -0.3 is 4.74 Å². The number of ketones is 1. The van der Waals surface area contributed by atoms with Crippen molar-refractivity contribution in [2.75, 3.05) is 7.11 Å². The first-order valence-electron chi connectivity index (χ1n) is 11.1. The molecule has 7 nitrogen and oxygen atoms in total. The SMILES string of the molecule is COc1ccc(C(=O)[C@H](C)N(C(=O)c2ccccc2Cl)N2C(=O)[C@@H]3C[C@@H](Br)[C@@H](Br)C[C@H]3C2=O)cc1. The number of hydrogen-bond donors (Lipinski definition) is 0. The van der Waals surface area contributed by atoms with Crippen LogP contribution in [0, 0.1) is 11.8 Å². The number of halogens is 3. The number of Topliss-reactive ketones (excluding diaryl/α,β-unsaturated/α-hetero) is 1. The van der Waals surface area contributed by atoms with Crippen molar-refractivity contribution in [2.45, 2.75) is 35.5 Å². The predicted molar refractivity (Wildman–Crippen MR) is 138 cm³/mol. The zero-order valence-electron chi connectivity index (χ0n) is 19.0. The van der Waals surface area contributed by atoms with Crippen molar-refractivity contribution in [3.63, 3.8) is 0 Å². The second-order valence-electron chi connectivity index (χ2n) is 8.60. The molecule has 5 atom stereocenters. The lowest BCUT2D eigenvalue weighted by Crippen LogP contribution is -2.56. The summed E-state index contributed by atoms with van der Waals surface area (Å²) in [5.41, 5.74) is 0.406. The molecular formula is C25H23Br2ClN2O5. The monoisotopic (exact) mass is 624 g/mol. The number of amides is 3. The fourth-order valence-electron chi connectivity index (χ4n) is 4.60. The molecule has 2 fully saturated rings. The molecule has 1 heterocycles. The van der Waals surface area contributed by atoms with Gasteiger partial charge in [0.2, 0.25) is 0 Å². The van der Waals surface area contributed by atoms with Gasteiger partial charge in [-0.3, -0.25) is 19.2 Å². The molecule has 0 unspecified atom stereocenters. The standard InChI is InChI=1S/C25H23Br2ClN2O5/c1-13(22(31)14-7-9-15(35-2)10-8-14)29(23(32)16-5-3-4-6-21(16)28)30-24(33)17-11-19(26)20(27)12-18(17)25(30)34/h3-10,13,17-20H,11-12H2,1-2H3/t13-,17+,18+,19-,20+/m0/s1. The Labute approximate surface area is 225 Å². The van der Waals surface area contributed by atoms with Crippen LogP contribution in [0.2, 0.25) is 5.02 Å². The third-order valence-corrected chi connectivity index (χ3v) is 9.60. The number of rotatable bonds is 6. The number of ether oxygens (including phenoxy) is 1. The molecule has 2 aromatic carbocycles. The van der Waals surface area contributed by atoms with Crippen LogP contribution in [-0.4, -0.2) is 56.3 Å². The van der Waals surface area contributed by atoms with Crippen LogP contribution in [0.5, 0.6) is 5.75 Å². The van der Waals surface area contributed by atoms with Crippen LogP contribution < -0.4 is 4.74 Å². The highest BCUT2D eigenvalue weighted by Crippen LogP contribution is 2.44. The van der Waals surface area contributed by atoms with E-state index in [1.54, 1.807) is 42.5 Å². The van der Waals surface area contributed by atoms with Crippen LogP contribution in [0.15, 0.2) is 48.5 Å². The van der Waals surface area contributed by atoms with Crippen molar-refractivity contribution in [3.05, 3.63) is 64.7 Å². The summed E-state index contributed by atoms with van der Waals surface area (Å²) in [7, 11) is 1.52. The summed E-state index contributed by atoms with van der Waals surface area (Å²) in [4.78, 5) is 54.3. The molecule has 0 N–H and O–H groups in total. The minimum absolute atomic E-state index is 0.00604. The maximum atomic E-state index is 13.8. The minimum atomic E-state index is -1.15. The molecular weight excluding hydrogens is 604 g/mol. The second-order valence-corrected chi connectivity index (χ2v) is 11.4. The van der Waals surface area contributed by atoms with Crippen LogP contribution >= 0.6 is 43.5 Å². The number of hydrogen-bond acceptors (Lipinski definition) is 5. The Hall–Kier alpha value is -2.23.